The first-order chi connectivity index (χ1) is 3.71. The molecular formula is CH6K2O6S2. The van der Waals surface area contributed by atoms with Gasteiger partial charge in [-0.15, -0.1) is 0 Å². The van der Waals surface area contributed by atoms with Gasteiger partial charge < -0.3 is 2.85 Å². The summed E-state index contributed by atoms with van der Waals surface area (Å²) < 4.78 is 54.2. The van der Waals surface area contributed by atoms with E-state index in [1.165, 1.54) is 0 Å². The van der Waals surface area contributed by atoms with Crippen LogP contribution in [0.25, 0.3) is 0 Å². The van der Waals surface area contributed by atoms with Gasteiger partial charge in [0.05, 0.1) is 0 Å². The summed E-state index contributed by atoms with van der Waals surface area (Å²) in [6.45, 7) is 0. The zero-order valence-electron chi connectivity index (χ0n) is 8.05. The smallest absolute Gasteiger partial charge is 1.00 e. The van der Waals surface area contributed by atoms with Gasteiger partial charge in [0.15, 0.2) is 0 Å². The Morgan fingerprint density at radius 2 is 1.09 bits per heavy atom. The summed E-state index contributed by atoms with van der Waals surface area (Å²) in [6.07, 6.45) is 0. The maximum atomic E-state index is 9.66. The average molecular weight is 256 g/mol. The minimum atomic E-state index is -4.62. The molecule has 0 aromatic carbocycles. The van der Waals surface area contributed by atoms with Crippen LogP contribution in [0.2, 0.25) is 0 Å². The van der Waals surface area contributed by atoms with Crippen molar-refractivity contribution in [1.29, 1.82) is 0 Å². The molecule has 10 heteroatoms. The van der Waals surface area contributed by atoms with Crippen LogP contribution in [-0.2, 0) is 20.2 Å². The van der Waals surface area contributed by atoms with Crippen molar-refractivity contribution in [2.75, 3.05) is 5.08 Å². The second kappa shape index (κ2) is 7.39. The summed E-state index contributed by atoms with van der Waals surface area (Å²) in [5.74, 6) is 0. The van der Waals surface area contributed by atoms with E-state index in [4.69, 9.17) is 9.11 Å². The van der Waals surface area contributed by atoms with Crippen LogP contribution in [0.1, 0.15) is 2.85 Å². The molecule has 0 spiro atoms. The van der Waals surface area contributed by atoms with Gasteiger partial charge in [0.25, 0.3) is 20.2 Å². The molecule has 6 nitrogen and oxygen atoms in total. The topological polar surface area (TPSA) is 109 Å². The fourth-order valence-corrected chi connectivity index (χ4v) is 1.69. The van der Waals surface area contributed by atoms with Gasteiger partial charge in [-0.2, -0.15) is 16.8 Å². The van der Waals surface area contributed by atoms with E-state index in [-0.39, 0.29) is 106 Å². The van der Waals surface area contributed by atoms with Crippen LogP contribution in [0.15, 0.2) is 0 Å². The van der Waals surface area contributed by atoms with Crippen LogP contribution in [0.5, 0.6) is 0 Å². The summed E-state index contributed by atoms with van der Waals surface area (Å²) >= 11 is 0. The van der Waals surface area contributed by atoms with Gasteiger partial charge in [-0.1, -0.05) is 0 Å². The Balaban J connectivity index is -0.0000000533. The van der Waals surface area contributed by atoms with Crippen LogP contribution >= 0.6 is 0 Å². The van der Waals surface area contributed by atoms with Crippen LogP contribution in [0, 0.1) is 0 Å². The second-order valence-electron chi connectivity index (χ2n) is 1.28. The molecule has 0 atom stereocenters. The Labute approximate surface area is 153 Å². The summed E-state index contributed by atoms with van der Waals surface area (Å²) in [6, 6.07) is 0. The molecule has 60 valence electrons. The third-order valence-electron chi connectivity index (χ3n) is 0.298. The van der Waals surface area contributed by atoms with Crippen LogP contribution in [0.3, 0.4) is 0 Å². The van der Waals surface area contributed by atoms with E-state index >= 15 is 0 Å². The Morgan fingerprint density at radius 3 is 1.09 bits per heavy atom. The third kappa shape index (κ3) is 19.5. The molecule has 2 N–H and O–H groups in total. The van der Waals surface area contributed by atoms with Crippen molar-refractivity contribution in [3.05, 3.63) is 0 Å². The van der Waals surface area contributed by atoms with Crippen molar-refractivity contribution in [2.45, 2.75) is 0 Å². The third-order valence-corrected chi connectivity index (χ3v) is 2.68. The molecule has 0 aliphatic rings. The zero-order valence-corrected chi connectivity index (χ0v) is 13.9. The van der Waals surface area contributed by atoms with E-state index in [1.807, 2.05) is 0 Å². The molecule has 0 heterocycles. The molecule has 0 rings (SSSR count). The summed E-state index contributed by atoms with van der Waals surface area (Å²) in [5.41, 5.74) is 0. The quantitative estimate of drug-likeness (QED) is 0.375. The number of rotatable bonds is 2. The van der Waals surface area contributed by atoms with Crippen LogP contribution < -0.4 is 103 Å². The minimum absolute atomic E-state index is 0. The molecular weight excluding hydrogens is 250 g/mol. The first-order valence-corrected chi connectivity index (χ1v) is 4.83. The maximum absolute atomic E-state index is 9.66. The van der Waals surface area contributed by atoms with Gasteiger partial charge >= 0.3 is 103 Å². The summed E-state index contributed by atoms with van der Waals surface area (Å²) in [4.78, 5) is 0. The Kier molecular flexibility index (Phi) is 13.2. The normalized spacial score (nSPS) is 11.1. The number of hydrogen-bond acceptors (Lipinski definition) is 4. The number of hydrogen-bond donors (Lipinski definition) is 2. The van der Waals surface area contributed by atoms with Gasteiger partial charge in [-0.3, -0.25) is 9.11 Å². The Morgan fingerprint density at radius 1 is 0.909 bits per heavy atom. The van der Waals surface area contributed by atoms with E-state index in [2.05, 4.69) is 0 Å². The first-order valence-electron chi connectivity index (χ1n) is 1.61. The fourth-order valence-electron chi connectivity index (χ4n) is 0.188. The van der Waals surface area contributed by atoms with Crippen molar-refractivity contribution in [2.24, 2.45) is 0 Å². The predicted molar refractivity (Wildman–Crippen MR) is 30.2 cm³/mol. The van der Waals surface area contributed by atoms with E-state index in [0.717, 1.165) is 0 Å². The van der Waals surface area contributed by atoms with Crippen LogP contribution in [-0.4, -0.2) is 31.0 Å². The molecule has 0 amide bonds. The van der Waals surface area contributed by atoms with Gasteiger partial charge in [-0.25, -0.2) is 0 Å². The SMILES string of the molecule is O=S(=O)(O)CS(=O)(=O)O.[H-].[H-].[K+].[K+]. The molecule has 0 aliphatic heterocycles. The van der Waals surface area contributed by atoms with Crippen molar-refractivity contribution in [3.63, 3.8) is 0 Å². The van der Waals surface area contributed by atoms with Crippen molar-refractivity contribution in [1.82, 2.24) is 0 Å². The molecule has 0 fully saturated rings. The van der Waals surface area contributed by atoms with E-state index in [9.17, 15) is 16.8 Å². The van der Waals surface area contributed by atoms with Gasteiger partial charge in [-0.05, 0) is 0 Å². The maximum Gasteiger partial charge on any atom is 1.00 e. The van der Waals surface area contributed by atoms with Gasteiger partial charge in [0.1, 0.15) is 0 Å². The molecule has 0 bridgehead atoms. The summed E-state index contributed by atoms with van der Waals surface area (Å²) in [5, 5.41) is -1.65. The van der Waals surface area contributed by atoms with E-state index < -0.39 is 25.3 Å². The van der Waals surface area contributed by atoms with Crippen LogP contribution in [0.4, 0.5) is 0 Å². The van der Waals surface area contributed by atoms with Crippen molar-refractivity contribution < 1.29 is 132 Å². The minimum Gasteiger partial charge on any atom is -1.00 e. The Hall–Kier alpha value is 3.09. The van der Waals surface area contributed by atoms with Crippen molar-refractivity contribution in [3.8, 4) is 0 Å². The largest absolute Gasteiger partial charge is 1.00 e. The molecule has 0 aromatic heterocycles. The summed E-state index contributed by atoms with van der Waals surface area (Å²) in [7, 11) is -9.24. The second-order valence-corrected chi connectivity index (χ2v) is 4.55. The molecule has 0 saturated heterocycles. The molecule has 0 unspecified atom stereocenters. The molecule has 0 radical (unpaired) electrons. The predicted octanol–water partition coefficient (Wildman–Crippen LogP) is -7.05. The zero-order chi connectivity index (χ0) is 7.71. The molecule has 0 aromatic rings. The van der Waals surface area contributed by atoms with E-state index in [1.54, 1.807) is 0 Å². The first kappa shape index (κ1) is 19.6. The van der Waals surface area contributed by atoms with E-state index in [0.29, 0.717) is 0 Å². The van der Waals surface area contributed by atoms with Crippen molar-refractivity contribution >= 4 is 20.2 Å². The van der Waals surface area contributed by atoms with Gasteiger partial charge in [0.2, 0.25) is 5.08 Å². The molecule has 0 saturated carbocycles. The fraction of sp³-hybridized carbons (Fsp3) is 1.00. The average Bonchev–Trinajstić information content (AvgIpc) is 1.14. The van der Waals surface area contributed by atoms with Gasteiger partial charge in [0, 0.05) is 0 Å². The standard InChI is InChI=1S/CH4O6S2.2K.2H/c2-8(3,4)1-9(5,6)7;;;;/h1H2,(H,2,3,4)(H,5,6,7);;;;/q;2*+1;2*-1. The molecule has 11 heavy (non-hydrogen) atoms. The Bertz CT molecular complexity index is 252. The monoisotopic (exact) mass is 256 g/mol. The molecule has 0 aliphatic carbocycles.